The lowest BCUT2D eigenvalue weighted by Crippen LogP contribution is -2.41. The number of esters is 1. The van der Waals surface area contributed by atoms with Gasteiger partial charge in [0.1, 0.15) is 15.9 Å². The van der Waals surface area contributed by atoms with Crippen LogP contribution >= 0.6 is 11.3 Å². The van der Waals surface area contributed by atoms with Gasteiger partial charge >= 0.3 is 12.0 Å². The molecule has 50 heavy (non-hydrogen) atoms. The molecule has 1 N–H and O–H groups in total. The molecule has 2 aliphatic heterocycles. The zero-order chi connectivity index (χ0) is 35.8. The van der Waals surface area contributed by atoms with Gasteiger partial charge in [0.2, 0.25) is 21.8 Å². The number of amides is 3. The molecule has 1 saturated heterocycles. The number of sulfonamides is 1. The first-order valence-electron chi connectivity index (χ1n) is 16.2. The minimum absolute atomic E-state index is 0.0328. The third-order valence-electron chi connectivity index (χ3n) is 8.81. The number of carbonyl (C=O) groups excluding carboxylic acids is 3. The summed E-state index contributed by atoms with van der Waals surface area (Å²) >= 11 is 1.21. The smallest absolute Gasteiger partial charge is 0.328 e. The fourth-order valence-electron chi connectivity index (χ4n) is 6.44. The zero-order valence-corrected chi connectivity index (χ0v) is 30.3. The summed E-state index contributed by atoms with van der Waals surface area (Å²) in [7, 11) is -2.62. The van der Waals surface area contributed by atoms with Crippen molar-refractivity contribution in [3.63, 3.8) is 0 Å². The van der Waals surface area contributed by atoms with Crippen LogP contribution in [-0.4, -0.2) is 84.4 Å². The van der Waals surface area contributed by atoms with Gasteiger partial charge in [-0.15, -0.1) is 0 Å². The number of urea groups is 1. The maximum atomic E-state index is 14.4. The lowest BCUT2D eigenvalue weighted by atomic mass is 9.81. The predicted octanol–water partition coefficient (Wildman–Crippen LogP) is 5.16. The molecule has 1 atom stereocenters. The quantitative estimate of drug-likeness (QED) is 0.231. The first-order chi connectivity index (χ1) is 23.7. The summed E-state index contributed by atoms with van der Waals surface area (Å²) in [6.45, 7) is 7.79. The molecule has 2 aromatic carbocycles. The number of hydrogen-bond donors (Lipinski definition) is 1. The molecule has 1 spiro atoms. The molecule has 0 saturated carbocycles. The van der Waals surface area contributed by atoms with Gasteiger partial charge in [0.25, 0.3) is 0 Å². The number of hydrogen-bond acceptors (Lipinski definition) is 10. The number of ether oxygens (including phenoxy) is 2. The first kappa shape index (κ1) is 35.2. The molecule has 264 valence electrons. The highest BCUT2D eigenvalue weighted by atomic mass is 32.2. The van der Waals surface area contributed by atoms with Crippen LogP contribution in [0.3, 0.4) is 0 Å². The maximum Gasteiger partial charge on any atom is 0.328 e. The maximum absolute atomic E-state index is 14.4. The molecule has 3 amide bonds. The Kier molecular flexibility index (Phi) is 9.59. The summed E-state index contributed by atoms with van der Waals surface area (Å²) in [5.74, 6) is -0.161. The van der Waals surface area contributed by atoms with Gasteiger partial charge in [0, 0.05) is 56.8 Å². The number of fused-ring (bicyclic) bond motifs is 3. The van der Waals surface area contributed by atoms with Crippen LogP contribution in [0.1, 0.15) is 51.7 Å². The standard InChI is InChI=1S/C35H40N6O7S2/c1-23(42)39-18-16-35(21-39)22-41(33(44)38-32-36-27-12-14-29(47-5)37-31(27)49-32)28-13-11-25(19-26(28)35)50(45,46)40(20-24-9-7-6-8-10-24)17-15-30(43)48-34(2,3)4/h6-14,19H,15-18,20-22H2,1-5H3,(H,36,38,44). The van der Waals surface area contributed by atoms with Gasteiger partial charge < -0.3 is 14.4 Å². The molecular weight excluding hydrogens is 681 g/mol. The molecule has 2 aliphatic rings. The Morgan fingerprint density at radius 3 is 2.48 bits per heavy atom. The van der Waals surface area contributed by atoms with Crippen LogP contribution in [0, 0.1) is 0 Å². The number of anilines is 2. The number of nitrogens with zero attached hydrogens (tertiary/aromatic N) is 5. The van der Waals surface area contributed by atoms with E-state index >= 15 is 0 Å². The van der Waals surface area contributed by atoms with Crippen molar-refractivity contribution < 1.29 is 32.3 Å². The molecule has 15 heteroatoms. The molecule has 6 rings (SSSR count). The van der Waals surface area contributed by atoms with E-state index in [4.69, 9.17) is 9.47 Å². The van der Waals surface area contributed by atoms with Gasteiger partial charge in [-0.3, -0.25) is 19.8 Å². The number of aromatic nitrogens is 2. The van der Waals surface area contributed by atoms with E-state index in [0.29, 0.717) is 52.1 Å². The van der Waals surface area contributed by atoms with Gasteiger partial charge in [-0.2, -0.15) is 4.31 Å². The molecular formula is C35H40N6O7S2. The fraction of sp³-hybridized carbons (Fsp3) is 0.400. The topological polar surface area (TPSA) is 151 Å². The van der Waals surface area contributed by atoms with E-state index in [1.807, 2.05) is 30.3 Å². The number of nitrogens with one attached hydrogen (secondary N) is 1. The number of pyridine rings is 1. The number of thiazole rings is 1. The SMILES string of the molecule is COc1ccc2nc(NC(=O)N3CC4(CCN(C(C)=O)C4)c4cc(S(=O)(=O)N(CCC(=O)OC(C)(C)C)Cc5ccccc5)ccc43)sc2n1. The number of benzene rings is 2. The second kappa shape index (κ2) is 13.6. The van der Waals surface area contributed by atoms with Crippen molar-refractivity contribution in [3.05, 3.63) is 71.8 Å². The van der Waals surface area contributed by atoms with Crippen LogP contribution in [0.15, 0.2) is 65.6 Å². The molecule has 4 aromatic rings. The Morgan fingerprint density at radius 1 is 1.04 bits per heavy atom. The van der Waals surface area contributed by atoms with Crippen molar-refractivity contribution in [2.24, 2.45) is 0 Å². The molecule has 1 unspecified atom stereocenters. The van der Waals surface area contributed by atoms with Crippen molar-refractivity contribution in [1.82, 2.24) is 19.2 Å². The minimum Gasteiger partial charge on any atom is -0.481 e. The summed E-state index contributed by atoms with van der Waals surface area (Å²) in [6.07, 6.45) is 0.415. The Morgan fingerprint density at radius 2 is 1.80 bits per heavy atom. The fourth-order valence-corrected chi connectivity index (χ4v) is 8.71. The van der Waals surface area contributed by atoms with Crippen LogP contribution in [0.4, 0.5) is 15.6 Å². The zero-order valence-electron chi connectivity index (χ0n) is 28.6. The van der Waals surface area contributed by atoms with Crippen LogP contribution in [0.25, 0.3) is 10.3 Å². The molecule has 0 aliphatic carbocycles. The molecule has 4 heterocycles. The summed E-state index contributed by atoms with van der Waals surface area (Å²) in [5, 5.41) is 3.24. The molecule has 1 fully saturated rings. The van der Waals surface area contributed by atoms with Gasteiger partial charge in [-0.05, 0) is 62.6 Å². The molecule has 0 radical (unpaired) electrons. The highest BCUT2D eigenvalue weighted by Gasteiger charge is 2.50. The van der Waals surface area contributed by atoms with Gasteiger partial charge in [-0.1, -0.05) is 41.7 Å². The van der Waals surface area contributed by atoms with Crippen molar-refractivity contribution in [3.8, 4) is 5.88 Å². The van der Waals surface area contributed by atoms with E-state index in [-0.39, 0.29) is 36.9 Å². The van der Waals surface area contributed by atoms with Gasteiger partial charge in [-0.25, -0.2) is 23.2 Å². The average molecular weight is 721 g/mol. The highest BCUT2D eigenvalue weighted by Crippen LogP contribution is 2.48. The predicted molar refractivity (Wildman–Crippen MR) is 190 cm³/mol. The van der Waals surface area contributed by atoms with E-state index in [9.17, 15) is 22.8 Å². The largest absolute Gasteiger partial charge is 0.481 e. The van der Waals surface area contributed by atoms with Crippen LogP contribution in [0.5, 0.6) is 5.88 Å². The van der Waals surface area contributed by atoms with Gasteiger partial charge in [0.15, 0.2) is 5.13 Å². The van der Waals surface area contributed by atoms with Gasteiger partial charge in [0.05, 0.1) is 18.4 Å². The Labute approximate surface area is 295 Å². The summed E-state index contributed by atoms with van der Waals surface area (Å²) in [4.78, 5) is 51.8. The van der Waals surface area contributed by atoms with Crippen LogP contribution in [0.2, 0.25) is 0 Å². The van der Waals surface area contributed by atoms with Crippen LogP contribution in [-0.2, 0) is 36.3 Å². The van der Waals surface area contributed by atoms with E-state index in [1.165, 1.54) is 35.7 Å². The lowest BCUT2D eigenvalue weighted by molar-refractivity contribution is -0.154. The van der Waals surface area contributed by atoms with Crippen molar-refractivity contribution in [2.75, 3.05) is 43.5 Å². The normalized spacial score (nSPS) is 17.4. The average Bonchev–Trinajstić information content (AvgIpc) is 3.77. The van der Waals surface area contributed by atoms with Crippen molar-refractivity contribution in [2.45, 2.75) is 63.0 Å². The lowest BCUT2D eigenvalue weighted by Gasteiger charge is -2.26. The summed E-state index contributed by atoms with van der Waals surface area (Å²) < 4.78 is 40.7. The monoisotopic (exact) mass is 720 g/mol. The van der Waals surface area contributed by atoms with E-state index in [2.05, 4.69) is 15.3 Å². The number of methoxy groups -OCH3 is 1. The van der Waals surface area contributed by atoms with E-state index < -0.39 is 33.0 Å². The molecule has 2 aromatic heterocycles. The van der Waals surface area contributed by atoms with Crippen LogP contribution < -0.4 is 15.0 Å². The van der Waals surface area contributed by atoms with E-state index in [1.54, 1.807) is 54.8 Å². The highest BCUT2D eigenvalue weighted by molar-refractivity contribution is 7.89. The van der Waals surface area contributed by atoms with E-state index in [0.717, 1.165) is 5.56 Å². The summed E-state index contributed by atoms with van der Waals surface area (Å²) in [5.41, 5.74) is 1.19. The molecule has 13 nitrogen and oxygen atoms in total. The number of rotatable bonds is 9. The third-order valence-corrected chi connectivity index (χ3v) is 11.5. The van der Waals surface area contributed by atoms with Crippen molar-refractivity contribution in [1.29, 1.82) is 0 Å². The third kappa shape index (κ3) is 7.30. The minimum atomic E-state index is -4.14. The van der Waals surface area contributed by atoms with Crippen molar-refractivity contribution >= 4 is 60.4 Å². The molecule has 0 bridgehead atoms. The Hall–Kier alpha value is -4.60. The summed E-state index contributed by atoms with van der Waals surface area (Å²) in [6, 6.07) is 16.9. The second-order valence-corrected chi connectivity index (χ2v) is 16.4. The first-order valence-corrected chi connectivity index (χ1v) is 18.5. The Balaban J connectivity index is 1.33. The number of carbonyl (C=O) groups is 3. The number of likely N-dealkylation sites (tertiary alicyclic amines) is 1. The second-order valence-electron chi connectivity index (χ2n) is 13.5. The Bertz CT molecular complexity index is 2050.